The maximum atomic E-state index is 13.6. The second-order valence-electron chi connectivity index (χ2n) is 5.22. The quantitative estimate of drug-likeness (QED) is 0.838. The van der Waals surface area contributed by atoms with Crippen molar-refractivity contribution in [1.29, 1.82) is 0 Å². The first-order valence-corrected chi connectivity index (χ1v) is 6.54. The molecule has 3 nitrogen and oxygen atoms in total. The van der Waals surface area contributed by atoms with Gasteiger partial charge in [0.2, 0.25) is 5.91 Å². The Balaban J connectivity index is 1.85. The molecule has 1 amide bonds. The average molecular weight is 248 g/mol. The molecular formula is C14H17FN2O. The Morgan fingerprint density at radius 1 is 1.28 bits per heavy atom. The molecule has 0 aliphatic carbocycles. The first-order valence-electron chi connectivity index (χ1n) is 6.54. The number of hydrogen-bond acceptors (Lipinski definition) is 2. The Hall–Kier alpha value is -1.42. The van der Waals surface area contributed by atoms with Crippen LogP contribution < -0.4 is 10.6 Å². The molecule has 0 saturated carbocycles. The highest BCUT2D eigenvalue weighted by Crippen LogP contribution is 2.31. The number of carbonyl (C=O) groups is 1. The molecule has 0 spiro atoms. The van der Waals surface area contributed by atoms with Crippen molar-refractivity contribution >= 4 is 11.6 Å². The zero-order chi connectivity index (χ0) is 12.5. The van der Waals surface area contributed by atoms with Crippen LogP contribution >= 0.6 is 0 Å². The zero-order valence-corrected chi connectivity index (χ0v) is 10.3. The highest BCUT2D eigenvalue weighted by atomic mass is 19.1. The number of halogens is 1. The monoisotopic (exact) mass is 248 g/mol. The van der Waals surface area contributed by atoms with E-state index < -0.39 is 0 Å². The van der Waals surface area contributed by atoms with Gasteiger partial charge in [0.25, 0.3) is 0 Å². The van der Waals surface area contributed by atoms with Gasteiger partial charge in [0.1, 0.15) is 5.82 Å². The van der Waals surface area contributed by atoms with Crippen LogP contribution in [0.5, 0.6) is 0 Å². The number of hydrogen-bond donors (Lipinski definition) is 2. The predicted molar refractivity (Wildman–Crippen MR) is 68.0 cm³/mol. The summed E-state index contributed by atoms with van der Waals surface area (Å²) in [5.41, 5.74) is 2.63. The summed E-state index contributed by atoms with van der Waals surface area (Å²) in [6.45, 7) is 2.07. The van der Waals surface area contributed by atoms with Gasteiger partial charge in [0.05, 0.1) is 6.42 Å². The zero-order valence-electron chi connectivity index (χ0n) is 10.3. The van der Waals surface area contributed by atoms with Crippen molar-refractivity contribution in [2.45, 2.75) is 25.7 Å². The molecule has 2 heterocycles. The van der Waals surface area contributed by atoms with E-state index in [9.17, 15) is 9.18 Å². The molecule has 2 aliphatic heterocycles. The van der Waals surface area contributed by atoms with Gasteiger partial charge in [-0.15, -0.1) is 0 Å². The molecule has 18 heavy (non-hydrogen) atoms. The van der Waals surface area contributed by atoms with E-state index in [1.54, 1.807) is 6.07 Å². The van der Waals surface area contributed by atoms with E-state index >= 15 is 0 Å². The lowest BCUT2D eigenvalue weighted by Crippen LogP contribution is -2.28. The van der Waals surface area contributed by atoms with E-state index in [-0.39, 0.29) is 11.7 Å². The molecule has 3 rings (SSSR count). The molecule has 4 heteroatoms. The number of nitrogens with one attached hydrogen (secondary N) is 2. The smallest absolute Gasteiger partial charge is 0.228 e. The molecule has 1 aromatic carbocycles. The van der Waals surface area contributed by atoms with Gasteiger partial charge in [-0.1, -0.05) is 0 Å². The van der Waals surface area contributed by atoms with E-state index in [4.69, 9.17) is 0 Å². The topological polar surface area (TPSA) is 41.1 Å². The Labute approximate surface area is 106 Å². The van der Waals surface area contributed by atoms with E-state index in [0.29, 0.717) is 12.3 Å². The summed E-state index contributed by atoms with van der Waals surface area (Å²) in [6.07, 6.45) is 3.42. The predicted octanol–water partition coefficient (Wildman–Crippen LogP) is 1.86. The summed E-state index contributed by atoms with van der Waals surface area (Å²) < 4.78 is 13.6. The molecular weight excluding hydrogens is 231 g/mol. The molecule has 0 aromatic heterocycles. The first-order chi connectivity index (χ1) is 8.72. The van der Waals surface area contributed by atoms with Gasteiger partial charge in [-0.3, -0.25) is 4.79 Å². The van der Waals surface area contributed by atoms with Gasteiger partial charge >= 0.3 is 0 Å². The lowest BCUT2D eigenvalue weighted by molar-refractivity contribution is -0.115. The molecule has 1 saturated heterocycles. The highest BCUT2D eigenvalue weighted by Gasteiger charge is 2.24. The number of amides is 1. The van der Waals surface area contributed by atoms with Gasteiger partial charge in [0, 0.05) is 5.69 Å². The first kappa shape index (κ1) is 11.7. The summed E-state index contributed by atoms with van der Waals surface area (Å²) in [5, 5.41) is 6.19. The van der Waals surface area contributed by atoms with Gasteiger partial charge in [-0.05, 0) is 61.5 Å². The minimum atomic E-state index is -0.228. The number of fused-ring (bicyclic) bond motifs is 1. The van der Waals surface area contributed by atoms with Crippen LogP contribution in [0.3, 0.4) is 0 Å². The molecule has 2 N–H and O–H groups in total. The van der Waals surface area contributed by atoms with E-state index in [1.807, 2.05) is 0 Å². The molecule has 0 bridgehead atoms. The van der Waals surface area contributed by atoms with Gasteiger partial charge in [0.15, 0.2) is 0 Å². The summed E-state index contributed by atoms with van der Waals surface area (Å²) in [7, 11) is 0. The number of anilines is 1. The molecule has 1 aromatic rings. The molecule has 0 unspecified atom stereocenters. The molecule has 96 valence electrons. The molecule has 1 fully saturated rings. The van der Waals surface area contributed by atoms with Crippen LogP contribution in [-0.2, 0) is 17.6 Å². The van der Waals surface area contributed by atoms with Crippen molar-refractivity contribution in [3.8, 4) is 0 Å². The Bertz CT molecular complexity index is 481. The van der Waals surface area contributed by atoms with Crippen LogP contribution in [0.2, 0.25) is 0 Å². The molecule has 0 atom stereocenters. The fraction of sp³-hybridized carbons (Fsp3) is 0.500. The van der Waals surface area contributed by atoms with Gasteiger partial charge < -0.3 is 10.6 Å². The fourth-order valence-electron chi connectivity index (χ4n) is 2.94. The van der Waals surface area contributed by atoms with Crippen molar-refractivity contribution in [3.63, 3.8) is 0 Å². The third kappa shape index (κ3) is 2.25. The van der Waals surface area contributed by atoms with E-state index in [1.165, 1.54) is 6.07 Å². The summed E-state index contributed by atoms with van der Waals surface area (Å²) >= 11 is 0. The number of carbonyl (C=O) groups excluding carboxylic acids is 1. The lowest BCUT2D eigenvalue weighted by atomic mass is 9.89. The largest absolute Gasteiger partial charge is 0.325 e. The minimum Gasteiger partial charge on any atom is -0.325 e. The second kappa shape index (κ2) is 4.69. The summed E-state index contributed by atoms with van der Waals surface area (Å²) in [6, 6.07) is 3.05. The van der Waals surface area contributed by atoms with Crippen LogP contribution in [0.1, 0.15) is 24.0 Å². The summed E-state index contributed by atoms with van der Waals surface area (Å²) in [4.78, 5) is 11.4. The third-order valence-electron chi connectivity index (χ3n) is 3.85. The van der Waals surface area contributed by atoms with E-state index in [0.717, 1.165) is 49.2 Å². The maximum absolute atomic E-state index is 13.6. The Kier molecular flexibility index (Phi) is 3.04. The van der Waals surface area contributed by atoms with Crippen LogP contribution in [-0.4, -0.2) is 19.0 Å². The van der Waals surface area contributed by atoms with Crippen LogP contribution in [0.25, 0.3) is 0 Å². The standard InChI is InChI=1S/C14H17FN2O/c15-12-6-10(5-9-1-3-16-4-2-9)14-11(7-12)8-13(18)17-14/h6-7,9,16H,1-5,8H2,(H,17,18). The van der Waals surface area contributed by atoms with Crippen LogP contribution in [0, 0.1) is 11.7 Å². The maximum Gasteiger partial charge on any atom is 0.228 e. The fourth-order valence-corrected chi connectivity index (χ4v) is 2.94. The van der Waals surface area contributed by atoms with Gasteiger partial charge in [-0.2, -0.15) is 0 Å². The van der Waals surface area contributed by atoms with Crippen molar-refractivity contribution in [1.82, 2.24) is 5.32 Å². The van der Waals surface area contributed by atoms with Crippen LogP contribution in [0.15, 0.2) is 12.1 Å². The van der Waals surface area contributed by atoms with E-state index in [2.05, 4.69) is 10.6 Å². The molecule has 0 radical (unpaired) electrons. The molecule has 2 aliphatic rings. The number of benzene rings is 1. The SMILES string of the molecule is O=C1Cc2cc(F)cc(CC3CCNCC3)c2N1. The van der Waals surface area contributed by atoms with Gasteiger partial charge in [-0.25, -0.2) is 4.39 Å². The second-order valence-corrected chi connectivity index (χ2v) is 5.22. The Morgan fingerprint density at radius 3 is 2.83 bits per heavy atom. The van der Waals surface area contributed by atoms with Crippen molar-refractivity contribution in [3.05, 3.63) is 29.1 Å². The number of rotatable bonds is 2. The van der Waals surface area contributed by atoms with Crippen molar-refractivity contribution < 1.29 is 9.18 Å². The Morgan fingerprint density at radius 2 is 2.06 bits per heavy atom. The van der Waals surface area contributed by atoms with Crippen LogP contribution in [0.4, 0.5) is 10.1 Å². The normalized spacial score (nSPS) is 19.7. The highest BCUT2D eigenvalue weighted by molar-refractivity contribution is 6.00. The third-order valence-corrected chi connectivity index (χ3v) is 3.85. The lowest BCUT2D eigenvalue weighted by Gasteiger charge is -2.23. The van der Waals surface area contributed by atoms with Crippen molar-refractivity contribution in [2.24, 2.45) is 5.92 Å². The minimum absolute atomic E-state index is 0.0258. The number of piperidine rings is 1. The summed E-state index contributed by atoms with van der Waals surface area (Å²) in [5.74, 6) is 0.339. The average Bonchev–Trinajstić information content (AvgIpc) is 2.71. The van der Waals surface area contributed by atoms with Crippen molar-refractivity contribution in [2.75, 3.05) is 18.4 Å².